The van der Waals surface area contributed by atoms with E-state index < -0.39 is 0 Å². The molecular weight excluding hydrogens is 480 g/mol. The summed E-state index contributed by atoms with van der Waals surface area (Å²) in [6.45, 7) is 0. The average molecular weight is 503 g/mol. The SMILES string of the molecule is c1ccc(N(c2ccccc2)c2ccc3c(c2)oc2cccc(-c4nc5ccc6ccccc6c5o4)c23)cc1. The van der Waals surface area contributed by atoms with E-state index in [0.29, 0.717) is 5.89 Å². The van der Waals surface area contributed by atoms with Crippen molar-refractivity contribution in [2.24, 2.45) is 0 Å². The van der Waals surface area contributed by atoms with Gasteiger partial charge >= 0.3 is 0 Å². The van der Waals surface area contributed by atoms with Gasteiger partial charge in [-0.2, -0.15) is 0 Å². The summed E-state index contributed by atoms with van der Waals surface area (Å²) < 4.78 is 12.8. The number of nitrogens with zero attached hydrogens (tertiary/aromatic N) is 2. The summed E-state index contributed by atoms with van der Waals surface area (Å²) in [4.78, 5) is 7.11. The van der Waals surface area contributed by atoms with Crippen LogP contribution >= 0.6 is 0 Å². The number of hydrogen-bond acceptors (Lipinski definition) is 4. The Morgan fingerprint density at radius 3 is 2.05 bits per heavy atom. The molecule has 0 saturated heterocycles. The molecule has 0 bridgehead atoms. The molecule has 6 aromatic carbocycles. The molecule has 2 aromatic heterocycles. The van der Waals surface area contributed by atoms with Gasteiger partial charge < -0.3 is 13.7 Å². The van der Waals surface area contributed by atoms with Gasteiger partial charge in [0.25, 0.3) is 0 Å². The lowest BCUT2D eigenvalue weighted by Gasteiger charge is -2.25. The van der Waals surface area contributed by atoms with Gasteiger partial charge in [-0.25, -0.2) is 4.98 Å². The van der Waals surface area contributed by atoms with Gasteiger partial charge in [0.2, 0.25) is 5.89 Å². The number of aromatic nitrogens is 1. The van der Waals surface area contributed by atoms with Gasteiger partial charge in [0.15, 0.2) is 5.58 Å². The summed E-state index contributed by atoms with van der Waals surface area (Å²) in [5.74, 6) is 0.592. The first-order valence-electron chi connectivity index (χ1n) is 13.0. The summed E-state index contributed by atoms with van der Waals surface area (Å²) in [5.41, 5.74) is 7.37. The number of benzene rings is 6. The third-order valence-electron chi connectivity index (χ3n) is 7.28. The maximum absolute atomic E-state index is 6.43. The van der Waals surface area contributed by atoms with Crippen molar-refractivity contribution in [3.05, 3.63) is 133 Å². The maximum Gasteiger partial charge on any atom is 0.228 e. The monoisotopic (exact) mass is 502 g/mol. The Bertz CT molecular complexity index is 2090. The Hall–Kier alpha value is -5.35. The molecule has 0 unspecified atom stereocenters. The second-order valence-electron chi connectivity index (χ2n) is 9.62. The number of anilines is 3. The van der Waals surface area contributed by atoms with Gasteiger partial charge in [0, 0.05) is 44.9 Å². The lowest BCUT2D eigenvalue weighted by atomic mass is 10.1. The molecule has 184 valence electrons. The first-order chi connectivity index (χ1) is 19.3. The number of fused-ring (bicyclic) bond motifs is 6. The van der Waals surface area contributed by atoms with E-state index in [4.69, 9.17) is 13.8 Å². The van der Waals surface area contributed by atoms with E-state index in [-0.39, 0.29) is 0 Å². The minimum Gasteiger partial charge on any atom is -0.456 e. The fourth-order valence-corrected chi connectivity index (χ4v) is 5.50. The van der Waals surface area contributed by atoms with E-state index in [1.54, 1.807) is 0 Å². The largest absolute Gasteiger partial charge is 0.456 e. The van der Waals surface area contributed by atoms with Gasteiger partial charge in [-0.1, -0.05) is 72.8 Å². The molecule has 8 aromatic rings. The zero-order chi connectivity index (χ0) is 25.8. The lowest BCUT2D eigenvalue weighted by Crippen LogP contribution is -2.09. The van der Waals surface area contributed by atoms with Crippen LogP contribution in [-0.2, 0) is 0 Å². The van der Waals surface area contributed by atoms with Crippen molar-refractivity contribution in [2.75, 3.05) is 4.90 Å². The summed E-state index contributed by atoms with van der Waals surface area (Å²) >= 11 is 0. The predicted molar refractivity (Wildman–Crippen MR) is 159 cm³/mol. The minimum atomic E-state index is 0.592. The van der Waals surface area contributed by atoms with Crippen LogP contribution < -0.4 is 4.90 Å². The molecule has 4 heteroatoms. The summed E-state index contributed by atoms with van der Waals surface area (Å²) in [6, 6.07) is 45.5. The molecule has 0 aliphatic carbocycles. The van der Waals surface area contributed by atoms with Crippen molar-refractivity contribution in [3.63, 3.8) is 0 Å². The topological polar surface area (TPSA) is 42.4 Å². The maximum atomic E-state index is 6.43. The Labute approximate surface area is 224 Å². The highest BCUT2D eigenvalue weighted by Crippen LogP contribution is 2.41. The molecule has 0 spiro atoms. The summed E-state index contributed by atoms with van der Waals surface area (Å²) in [7, 11) is 0. The molecule has 0 fully saturated rings. The molecule has 0 aliphatic heterocycles. The number of rotatable bonds is 4. The van der Waals surface area contributed by atoms with Gasteiger partial charge in [-0.05, 0) is 60.0 Å². The van der Waals surface area contributed by atoms with Crippen LogP contribution in [0.3, 0.4) is 0 Å². The van der Waals surface area contributed by atoms with Gasteiger partial charge in [-0.3, -0.25) is 0 Å². The molecule has 0 atom stereocenters. The minimum absolute atomic E-state index is 0.592. The van der Waals surface area contributed by atoms with Crippen molar-refractivity contribution < 1.29 is 8.83 Å². The van der Waals surface area contributed by atoms with Crippen molar-refractivity contribution in [2.45, 2.75) is 0 Å². The first-order valence-corrected chi connectivity index (χ1v) is 13.0. The molecule has 0 amide bonds. The summed E-state index contributed by atoms with van der Waals surface area (Å²) in [5, 5.41) is 4.22. The lowest BCUT2D eigenvalue weighted by molar-refractivity contribution is 0.623. The molecule has 0 radical (unpaired) electrons. The van der Waals surface area contributed by atoms with Crippen molar-refractivity contribution in [3.8, 4) is 11.5 Å². The Morgan fingerprint density at radius 1 is 0.513 bits per heavy atom. The van der Waals surface area contributed by atoms with Gasteiger partial charge in [-0.15, -0.1) is 0 Å². The van der Waals surface area contributed by atoms with E-state index in [0.717, 1.165) is 66.4 Å². The second kappa shape index (κ2) is 8.61. The molecule has 4 nitrogen and oxygen atoms in total. The molecular formula is C35H22N2O2. The fourth-order valence-electron chi connectivity index (χ4n) is 5.50. The molecule has 0 N–H and O–H groups in total. The second-order valence-corrected chi connectivity index (χ2v) is 9.62. The van der Waals surface area contributed by atoms with E-state index >= 15 is 0 Å². The predicted octanol–water partition coefficient (Wildman–Crippen LogP) is 10.0. The normalized spacial score (nSPS) is 11.6. The number of hydrogen-bond donors (Lipinski definition) is 0. The third kappa shape index (κ3) is 3.50. The van der Waals surface area contributed by atoms with E-state index in [9.17, 15) is 0 Å². The van der Waals surface area contributed by atoms with E-state index in [1.807, 2.05) is 42.5 Å². The van der Waals surface area contributed by atoms with Crippen LogP contribution in [0.15, 0.2) is 142 Å². The smallest absolute Gasteiger partial charge is 0.228 e. The van der Waals surface area contributed by atoms with Crippen LogP contribution in [0.2, 0.25) is 0 Å². The standard InChI is InChI=1S/C35H22N2O2/c1-3-11-24(12-4-1)37(25-13-5-2-6-14-25)26-19-20-28-32(22-26)38-31-17-9-16-29(33(28)31)35-36-30-21-18-23-10-7-8-15-27(23)34(30)39-35/h1-22H. The number of oxazole rings is 1. The molecule has 0 saturated carbocycles. The summed E-state index contributed by atoms with van der Waals surface area (Å²) in [6.07, 6.45) is 0. The molecule has 2 heterocycles. The zero-order valence-corrected chi connectivity index (χ0v) is 20.9. The quantitative estimate of drug-likeness (QED) is 0.240. The molecule has 8 rings (SSSR count). The highest BCUT2D eigenvalue weighted by molar-refractivity contribution is 6.13. The average Bonchev–Trinajstić information content (AvgIpc) is 3.60. The number of furan rings is 1. The van der Waals surface area contributed by atoms with Crippen molar-refractivity contribution in [1.82, 2.24) is 4.98 Å². The van der Waals surface area contributed by atoms with Crippen LogP contribution in [-0.4, -0.2) is 4.98 Å². The highest BCUT2D eigenvalue weighted by Gasteiger charge is 2.19. The first kappa shape index (κ1) is 21.7. The van der Waals surface area contributed by atoms with Crippen LogP contribution in [0, 0.1) is 0 Å². The van der Waals surface area contributed by atoms with Crippen LogP contribution in [0.4, 0.5) is 17.1 Å². The highest BCUT2D eigenvalue weighted by atomic mass is 16.3. The molecule has 0 aliphatic rings. The zero-order valence-electron chi connectivity index (χ0n) is 20.9. The van der Waals surface area contributed by atoms with Gasteiger partial charge in [0.1, 0.15) is 16.7 Å². The third-order valence-corrected chi connectivity index (χ3v) is 7.28. The van der Waals surface area contributed by atoms with E-state index in [2.05, 4.69) is 95.9 Å². The van der Waals surface area contributed by atoms with E-state index in [1.165, 1.54) is 0 Å². The van der Waals surface area contributed by atoms with Gasteiger partial charge in [0.05, 0.1) is 0 Å². The Balaban J connectivity index is 1.31. The van der Waals surface area contributed by atoms with Crippen molar-refractivity contribution in [1.29, 1.82) is 0 Å². The Morgan fingerprint density at radius 2 is 1.26 bits per heavy atom. The number of para-hydroxylation sites is 2. The van der Waals surface area contributed by atoms with Crippen LogP contribution in [0.25, 0.3) is 55.3 Å². The Kier molecular flexibility index (Phi) is 4.79. The van der Waals surface area contributed by atoms with Crippen LogP contribution in [0.5, 0.6) is 0 Å². The van der Waals surface area contributed by atoms with Crippen molar-refractivity contribution >= 4 is 60.9 Å². The van der Waals surface area contributed by atoms with Crippen LogP contribution in [0.1, 0.15) is 0 Å². The fraction of sp³-hybridized carbons (Fsp3) is 0. The molecule has 39 heavy (non-hydrogen) atoms.